The summed E-state index contributed by atoms with van der Waals surface area (Å²) in [4.78, 5) is 11.3. The van der Waals surface area contributed by atoms with Crippen molar-refractivity contribution in [2.24, 2.45) is 11.1 Å². The zero-order chi connectivity index (χ0) is 15.6. The van der Waals surface area contributed by atoms with Gasteiger partial charge >= 0.3 is 0 Å². The number of carbonyl (C=O) groups excluding carboxylic acids is 1. The van der Waals surface area contributed by atoms with E-state index in [4.69, 9.17) is 5.14 Å². The van der Waals surface area contributed by atoms with Gasteiger partial charge in [-0.3, -0.25) is 4.79 Å². The Labute approximate surface area is 121 Å². The predicted molar refractivity (Wildman–Crippen MR) is 72.9 cm³/mol. The largest absolute Gasteiger partial charge is 0.321 e. The van der Waals surface area contributed by atoms with Crippen LogP contribution in [0.3, 0.4) is 0 Å². The summed E-state index contributed by atoms with van der Waals surface area (Å²) in [6.45, 7) is 0. The maximum absolute atomic E-state index is 13.8. The summed E-state index contributed by atoms with van der Waals surface area (Å²) in [5, 5.41) is 7.02. The van der Waals surface area contributed by atoms with Crippen LogP contribution in [0.5, 0.6) is 0 Å². The van der Waals surface area contributed by atoms with Gasteiger partial charge in [0.1, 0.15) is 5.69 Å². The van der Waals surface area contributed by atoms with Gasteiger partial charge < -0.3 is 5.32 Å². The fourth-order valence-electron chi connectivity index (χ4n) is 2.42. The quantitative estimate of drug-likeness (QED) is 0.894. The van der Waals surface area contributed by atoms with Gasteiger partial charge in [-0.05, 0) is 25.0 Å². The first kappa shape index (κ1) is 15.8. The number of carbonyl (C=O) groups is 1. The molecule has 0 spiro atoms. The predicted octanol–water partition coefficient (Wildman–Crippen LogP) is 2.13. The lowest BCUT2D eigenvalue weighted by Gasteiger charge is -2.21. The lowest BCUT2D eigenvalue weighted by Crippen LogP contribution is -2.26. The van der Waals surface area contributed by atoms with Crippen LogP contribution in [0.1, 0.15) is 32.1 Å². The molecule has 21 heavy (non-hydrogen) atoms. The number of nitrogens with one attached hydrogen (secondary N) is 1. The van der Waals surface area contributed by atoms with Crippen molar-refractivity contribution < 1.29 is 22.0 Å². The molecule has 1 aliphatic rings. The summed E-state index contributed by atoms with van der Waals surface area (Å²) in [6.07, 6.45) is 4.24. The van der Waals surface area contributed by atoms with Crippen molar-refractivity contribution in [1.29, 1.82) is 0 Å². The van der Waals surface area contributed by atoms with Crippen LogP contribution < -0.4 is 10.5 Å². The van der Waals surface area contributed by atoms with E-state index < -0.39 is 38.1 Å². The van der Waals surface area contributed by atoms with Crippen LogP contribution in [0.4, 0.5) is 14.5 Å². The molecule has 0 atom stereocenters. The van der Waals surface area contributed by atoms with Gasteiger partial charge in [-0.1, -0.05) is 19.3 Å². The summed E-state index contributed by atoms with van der Waals surface area (Å²) in [6, 6.07) is 1.18. The van der Waals surface area contributed by atoms with Gasteiger partial charge in [-0.2, -0.15) is 0 Å². The summed E-state index contributed by atoms with van der Waals surface area (Å²) in [5.41, 5.74) is -0.641. The SMILES string of the molecule is NS(=O)(=O)c1cc(F)c(NC(=O)C2CCCCC2)c(F)c1. The van der Waals surface area contributed by atoms with Crippen molar-refractivity contribution in [3.05, 3.63) is 23.8 Å². The normalized spacial score (nSPS) is 16.7. The summed E-state index contributed by atoms with van der Waals surface area (Å²) >= 11 is 0. The monoisotopic (exact) mass is 318 g/mol. The molecular weight excluding hydrogens is 302 g/mol. The molecule has 1 saturated carbocycles. The molecule has 0 aromatic heterocycles. The minimum Gasteiger partial charge on any atom is -0.321 e. The molecule has 1 aromatic rings. The van der Waals surface area contributed by atoms with Crippen molar-refractivity contribution in [2.75, 3.05) is 5.32 Å². The van der Waals surface area contributed by atoms with E-state index in [-0.39, 0.29) is 5.92 Å². The highest BCUT2D eigenvalue weighted by Gasteiger charge is 2.24. The number of amides is 1. The molecule has 3 N–H and O–H groups in total. The highest BCUT2D eigenvalue weighted by molar-refractivity contribution is 7.89. The van der Waals surface area contributed by atoms with Gasteiger partial charge in [0, 0.05) is 5.92 Å². The van der Waals surface area contributed by atoms with Crippen molar-refractivity contribution in [2.45, 2.75) is 37.0 Å². The first-order valence-corrected chi connectivity index (χ1v) is 8.16. The average molecular weight is 318 g/mol. The van der Waals surface area contributed by atoms with Crippen molar-refractivity contribution >= 4 is 21.6 Å². The third-order valence-corrected chi connectivity index (χ3v) is 4.46. The van der Waals surface area contributed by atoms with Crippen LogP contribution >= 0.6 is 0 Å². The molecule has 1 aromatic carbocycles. The molecule has 116 valence electrons. The minimum absolute atomic E-state index is 0.268. The van der Waals surface area contributed by atoms with E-state index in [1.807, 2.05) is 0 Å². The molecule has 0 bridgehead atoms. The van der Waals surface area contributed by atoms with E-state index in [1.54, 1.807) is 0 Å². The second-order valence-electron chi connectivity index (χ2n) is 5.13. The molecule has 0 heterocycles. The summed E-state index contributed by atoms with van der Waals surface area (Å²) in [5.74, 6) is -3.04. The first-order valence-electron chi connectivity index (χ1n) is 6.62. The zero-order valence-electron chi connectivity index (χ0n) is 11.2. The fourth-order valence-corrected chi connectivity index (χ4v) is 2.96. The molecule has 8 heteroatoms. The smallest absolute Gasteiger partial charge is 0.238 e. The number of rotatable bonds is 3. The van der Waals surface area contributed by atoms with Gasteiger partial charge in [0.05, 0.1) is 4.90 Å². The van der Waals surface area contributed by atoms with E-state index in [0.29, 0.717) is 25.0 Å². The van der Waals surface area contributed by atoms with E-state index in [2.05, 4.69) is 5.32 Å². The van der Waals surface area contributed by atoms with Crippen molar-refractivity contribution in [3.63, 3.8) is 0 Å². The molecule has 0 unspecified atom stereocenters. The molecule has 0 saturated heterocycles. The van der Waals surface area contributed by atoms with E-state index >= 15 is 0 Å². The third kappa shape index (κ3) is 3.76. The molecule has 0 aliphatic heterocycles. The van der Waals surface area contributed by atoms with Crippen LogP contribution in [0.2, 0.25) is 0 Å². The van der Waals surface area contributed by atoms with Crippen LogP contribution in [0.25, 0.3) is 0 Å². The number of primary sulfonamides is 1. The minimum atomic E-state index is -4.21. The van der Waals surface area contributed by atoms with Crippen molar-refractivity contribution in [1.82, 2.24) is 0 Å². The maximum atomic E-state index is 13.8. The lowest BCUT2D eigenvalue weighted by atomic mass is 9.88. The molecule has 1 fully saturated rings. The molecular formula is C13H16F2N2O3S. The van der Waals surface area contributed by atoms with Crippen molar-refractivity contribution in [3.8, 4) is 0 Å². The van der Waals surface area contributed by atoms with Crippen LogP contribution in [0.15, 0.2) is 17.0 Å². The van der Waals surface area contributed by atoms with E-state index in [0.717, 1.165) is 19.3 Å². The highest BCUT2D eigenvalue weighted by atomic mass is 32.2. The number of anilines is 1. The van der Waals surface area contributed by atoms with E-state index in [9.17, 15) is 22.0 Å². The first-order chi connectivity index (χ1) is 9.79. The van der Waals surface area contributed by atoms with E-state index in [1.165, 1.54) is 0 Å². The Bertz CT molecular complexity index is 632. The summed E-state index contributed by atoms with van der Waals surface area (Å²) < 4.78 is 49.7. The zero-order valence-corrected chi connectivity index (χ0v) is 12.1. The van der Waals surface area contributed by atoms with Gasteiger partial charge in [-0.25, -0.2) is 22.3 Å². The molecule has 2 rings (SSSR count). The Hall–Kier alpha value is -1.54. The number of benzene rings is 1. The second-order valence-corrected chi connectivity index (χ2v) is 6.69. The topological polar surface area (TPSA) is 89.3 Å². The Morgan fingerprint density at radius 3 is 2.14 bits per heavy atom. The Morgan fingerprint density at radius 2 is 1.67 bits per heavy atom. The molecule has 1 aliphatic carbocycles. The third-order valence-electron chi connectivity index (χ3n) is 3.57. The van der Waals surface area contributed by atoms with Gasteiger partial charge in [0.15, 0.2) is 11.6 Å². The lowest BCUT2D eigenvalue weighted by molar-refractivity contribution is -0.120. The average Bonchev–Trinajstić information content (AvgIpc) is 2.42. The Morgan fingerprint density at radius 1 is 1.14 bits per heavy atom. The number of hydrogen-bond acceptors (Lipinski definition) is 3. The Balaban J connectivity index is 2.22. The van der Waals surface area contributed by atoms with Gasteiger partial charge in [0.2, 0.25) is 15.9 Å². The maximum Gasteiger partial charge on any atom is 0.238 e. The number of nitrogens with two attached hydrogens (primary N) is 1. The number of sulfonamides is 1. The van der Waals surface area contributed by atoms with Crippen LogP contribution in [-0.4, -0.2) is 14.3 Å². The number of halogens is 2. The molecule has 1 amide bonds. The standard InChI is InChI=1S/C13H16F2N2O3S/c14-10-6-9(21(16,19)20)7-11(15)12(10)17-13(18)8-4-2-1-3-5-8/h6-8H,1-5H2,(H,17,18)(H2,16,19,20). The second kappa shape index (κ2) is 6.07. The molecule has 0 radical (unpaired) electrons. The fraction of sp³-hybridized carbons (Fsp3) is 0.462. The number of hydrogen-bond donors (Lipinski definition) is 2. The van der Waals surface area contributed by atoms with Crippen LogP contribution in [-0.2, 0) is 14.8 Å². The highest BCUT2D eigenvalue weighted by Crippen LogP contribution is 2.27. The Kier molecular flexibility index (Phi) is 4.58. The van der Waals surface area contributed by atoms with Gasteiger partial charge in [-0.15, -0.1) is 0 Å². The summed E-state index contributed by atoms with van der Waals surface area (Å²) in [7, 11) is -4.21. The van der Waals surface area contributed by atoms with Crippen LogP contribution in [0, 0.1) is 17.6 Å². The molecule has 5 nitrogen and oxygen atoms in total. The van der Waals surface area contributed by atoms with Gasteiger partial charge in [0.25, 0.3) is 0 Å².